The first-order valence-electron chi connectivity index (χ1n) is 7.78. The molecule has 2 saturated carbocycles. The minimum atomic E-state index is -0.577. The van der Waals surface area contributed by atoms with Gasteiger partial charge in [-0.25, -0.2) is 0 Å². The molecule has 0 aromatic rings. The van der Waals surface area contributed by atoms with Gasteiger partial charge >= 0.3 is 0 Å². The highest BCUT2D eigenvalue weighted by Gasteiger charge is 2.59. The van der Waals surface area contributed by atoms with Crippen LogP contribution in [0.1, 0.15) is 46.0 Å². The van der Waals surface area contributed by atoms with Gasteiger partial charge in [0.1, 0.15) is 0 Å². The van der Waals surface area contributed by atoms with Crippen molar-refractivity contribution in [1.82, 2.24) is 5.32 Å². The van der Waals surface area contributed by atoms with E-state index in [0.717, 1.165) is 32.1 Å². The maximum atomic E-state index is 12.4. The topological polar surface area (TPSA) is 95.6 Å². The fourth-order valence-corrected chi connectivity index (χ4v) is 3.64. The fraction of sp³-hybridized carbons (Fsp3) is 0.933. The molecular formula is C15H28N2O3. The Hall–Kier alpha value is -0.650. The lowest BCUT2D eigenvalue weighted by Gasteiger charge is -2.31. The van der Waals surface area contributed by atoms with Crippen LogP contribution in [-0.4, -0.2) is 40.4 Å². The first-order chi connectivity index (χ1) is 9.40. The van der Waals surface area contributed by atoms with Crippen molar-refractivity contribution in [2.75, 3.05) is 6.61 Å². The molecule has 20 heavy (non-hydrogen) atoms. The lowest BCUT2D eigenvalue weighted by Crippen LogP contribution is -2.53. The van der Waals surface area contributed by atoms with Crippen molar-refractivity contribution < 1.29 is 15.0 Å². The van der Waals surface area contributed by atoms with Crippen molar-refractivity contribution in [2.45, 2.75) is 63.6 Å². The molecule has 5 atom stereocenters. The number of aliphatic hydroxyl groups is 2. The Morgan fingerprint density at radius 2 is 2.05 bits per heavy atom. The summed E-state index contributed by atoms with van der Waals surface area (Å²) in [6.45, 7) is 3.96. The van der Waals surface area contributed by atoms with Gasteiger partial charge in [0, 0.05) is 5.54 Å². The van der Waals surface area contributed by atoms with E-state index in [0.29, 0.717) is 11.8 Å². The maximum Gasteiger partial charge on any atom is 0.227 e. The number of carbonyl (C=O) groups excluding carboxylic acids is 1. The monoisotopic (exact) mass is 284 g/mol. The second-order valence-electron chi connectivity index (χ2n) is 6.87. The number of hydrogen-bond donors (Lipinski definition) is 4. The zero-order valence-corrected chi connectivity index (χ0v) is 12.5. The van der Waals surface area contributed by atoms with Gasteiger partial charge in [-0.1, -0.05) is 26.7 Å². The molecule has 0 bridgehead atoms. The van der Waals surface area contributed by atoms with E-state index in [9.17, 15) is 15.0 Å². The minimum absolute atomic E-state index is 0.190. The van der Waals surface area contributed by atoms with Crippen LogP contribution in [0.2, 0.25) is 0 Å². The highest BCUT2D eigenvalue weighted by Crippen LogP contribution is 2.51. The van der Waals surface area contributed by atoms with E-state index in [4.69, 9.17) is 5.73 Å². The summed E-state index contributed by atoms with van der Waals surface area (Å²) >= 11 is 0. The molecule has 2 aliphatic rings. The zero-order chi connectivity index (χ0) is 14.9. The van der Waals surface area contributed by atoms with E-state index in [1.165, 1.54) is 0 Å². The van der Waals surface area contributed by atoms with Crippen LogP contribution in [0, 0.1) is 17.8 Å². The number of nitrogens with two attached hydrogens (primary N) is 1. The summed E-state index contributed by atoms with van der Waals surface area (Å²) < 4.78 is 0. The van der Waals surface area contributed by atoms with E-state index < -0.39 is 17.6 Å². The first-order valence-corrected chi connectivity index (χ1v) is 7.78. The number of nitrogens with one attached hydrogen (secondary N) is 1. The molecule has 0 aliphatic heterocycles. The van der Waals surface area contributed by atoms with Crippen molar-refractivity contribution in [3.63, 3.8) is 0 Å². The molecular weight excluding hydrogens is 256 g/mol. The minimum Gasteiger partial charge on any atom is -0.395 e. The van der Waals surface area contributed by atoms with Crippen LogP contribution in [0.15, 0.2) is 0 Å². The molecule has 0 saturated heterocycles. The summed E-state index contributed by atoms with van der Waals surface area (Å²) in [5.41, 5.74) is 5.73. The van der Waals surface area contributed by atoms with Crippen LogP contribution >= 0.6 is 0 Å². The van der Waals surface area contributed by atoms with Gasteiger partial charge in [0.2, 0.25) is 5.91 Å². The Labute approximate surface area is 120 Å². The quantitative estimate of drug-likeness (QED) is 0.587. The average Bonchev–Trinajstić information content (AvgIpc) is 3.06. The second-order valence-corrected chi connectivity index (χ2v) is 6.87. The molecule has 5 nitrogen and oxygen atoms in total. The summed E-state index contributed by atoms with van der Waals surface area (Å²) in [6, 6.07) is -0.190. The largest absolute Gasteiger partial charge is 0.395 e. The Morgan fingerprint density at radius 1 is 1.40 bits per heavy atom. The Morgan fingerprint density at radius 3 is 2.55 bits per heavy atom. The summed E-state index contributed by atoms with van der Waals surface area (Å²) in [5.74, 6) is -0.0584. The summed E-state index contributed by atoms with van der Waals surface area (Å²) in [4.78, 5) is 12.4. The summed E-state index contributed by atoms with van der Waals surface area (Å²) in [7, 11) is 0. The van der Waals surface area contributed by atoms with E-state index in [-0.39, 0.29) is 18.6 Å². The van der Waals surface area contributed by atoms with Gasteiger partial charge in [-0.15, -0.1) is 0 Å². The predicted octanol–water partition coefficient (Wildman–Crippen LogP) is 0.388. The van der Waals surface area contributed by atoms with Crippen molar-refractivity contribution in [1.29, 1.82) is 0 Å². The molecule has 5 heteroatoms. The predicted molar refractivity (Wildman–Crippen MR) is 76.8 cm³/mol. The SMILES string of the molecule is CC(C)C1CC1(N)C(CO)C(=O)NC1CCCCC1O. The van der Waals surface area contributed by atoms with Crippen LogP contribution in [0.25, 0.3) is 0 Å². The number of carbonyl (C=O) groups is 1. The molecule has 5 N–H and O–H groups in total. The van der Waals surface area contributed by atoms with Gasteiger partial charge in [-0.05, 0) is 31.1 Å². The third-order valence-electron chi connectivity index (χ3n) is 5.11. The highest BCUT2D eigenvalue weighted by molar-refractivity contribution is 5.81. The average molecular weight is 284 g/mol. The lowest BCUT2D eigenvalue weighted by atomic mass is 9.89. The highest BCUT2D eigenvalue weighted by atomic mass is 16.3. The van der Waals surface area contributed by atoms with E-state index in [2.05, 4.69) is 19.2 Å². The van der Waals surface area contributed by atoms with Crippen molar-refractivity contribution in [2.24, 2.45) is 23.5 Å². The van der Waals surface area contributed by atoms with E-state index >= 15 is 0 Å². The smallest absolute Gasteiger partial charge is 0.227 e. The Balaban J connectivity index is 1.96. The molecule has 0 spiro atoms. The molecule has 0 radical (unpaired) electrons. The molecule has 116 valence electrons. The van der Waals surface area contributed by atoms with E-state index in [1.807, 2.05) is 0 Å². The van der Waals surface area contributed by atoms with Crippen molar-refractivity contribution in [3.05, 3.63) is 0 Å². The third kappa shape index (κ3) is 3.00. The van der Waals surface area contributed by atoms with Gasteiger partial charge in [0.05, 0.1) is 24.7 Å². The first kappa shape index (κ1) is 15.7. The Kier molecular flexibility index (Phi) is 4.72. The molecule has 0 aromatic carbocycles. The Bertz CT molecular complexity index is 361. The van der Waals surface area contributed by atoms with Gasteiger partial charge < -0.3 is 21.3 Å². The van der Waals surface area contributed by atoms with Gasteiger partial charge in [-0.3, -0.25) is 4.79 Å². The number of rotatable bonds is 5. The molecule has 0 aromatic heterocycles. The molecule has 2 rings (SSSR count). The maximum absolute atomic E-state index is 12.4. The van der Waals surface area contributed by atoms with Crippen LogP contribution in [0.5, 0.6) is 0 Å². The normalized spacial score (nSPS) is 38.6. The van der Waals surface area contributed by atoms with Crippen LogP contribution in [0.4, 0.5) is 0 Å². The van der Waals surface area contributed by atoms with Gasteiger partial charge in [0.25, 0.3) is 0 Å². The standard InChI is InChI=1S/C15H28N2O3/c1-9(2)10-7-15(10,16)11(8-18)14(20)17-12-5-3-4-6-13(12)19/h9-13,18-19H,3-8,16H2,1-2H3,(H,17,20). The molecule has 5 unspecified atom stereocenters. The number of hydrogen-bond acceptors (Lipinski definition) is 4. The zero-order valence-electron chi connectivity index (χ0n) is 12.5. The second kappa shape index (κ2) is 6.00. The van der Waals surface area contributed by atoms with Gasteiger partial charge in [-0.2, -0.15) is 0 Å². The summed E-state index contributed by atoms with van der Waals surface area (Å²) in [6.07, 6.45) is 3.88. The number of amides is 1. The fourth-order valence-electron chi connectivity index (χ4n) is 3.64. The van der Waals surface area contributed by atoms with Crippen LogP contribution < -0.4 is 11.1 Å². The molecule has 2 fully saturated rings. The molecule has 0 heterocycles. The van der Waals surface area contributed by atoms with E-state index in [1.54, 1.807) is 0 Å². The third-order valence-corrected chi connectivity index (χ3v) is 5.11. The van der Waals surface area contributed by atoms with Crippen molar-refractivity contribution in [3.8, 4) is 0 Å². The lowest BCUT2D eigenvalue weighted by molar-refractivity contribution is -0.129. The molecule has 1 amide bonds. The van der Waals surface area contributed by atoms with Crippen molar-refractivity contribution >= 4 is 5.91 Å². The van der Waals surface area contributed by atoms with Gasteiger partial charge in [0.15, 0.2) is 0 Å². The molecule has 2 aliphatic carbocycles. The van der Waals surface area contributed by atoms with Crippen LogP contribution in [0.3, 0.4) is 0 Å². The van der Waals surface area contributed by atoms with Crippen LogP contribution in [-0.2, 0) is 4.79 Å². The number of aliphatic hydroxyl groups excluding tert-OH is 2. The summed E-state index contributed by atoms with van der Waals surface area (Å²) in [5, 5.41) is 22.4.